The summed E-state index contributed by atoms with van der Waals surface area (Å²) in [6, 6.07) is 0. The Hall–Kier alpha value is 1.92. The summed E-state index contributed by atoms with van der Waals surface area (Å²) in [5.41, 5.74) is 0. The average Bonchev–Trinajstić information content (AvgIpc) is 1.41. The van der Waals surface area contributed by atoms with E-state index in [2.05, 4.69) is 0 Å². The van der Waals surface area contributed by atoms with Crippen LogP contribution < -0.4 is 29.6 Å². The number of carbonyl (C=O) groups is 1. The first-order chi connectivity index (χ1) is 2.73. The minimum atomic E-state index is -0.833. The Morgan fingerprint density at radius 1 is 1.44 bits per heavy atom. The Labute approximate surface area is 111 Å². The number of aliphatic carboxylic acids is 1. The van der Waals surface area contributed by atoms with Gasteiger partial charge in [0.1, 0.15) is 0 Å². The topological polar surface area (TPSA) is 57.5 Å². The fraction of sp³-hybridized carbons (Fsp3) is 0.667. The summed E-state index contributed by atoms with van der Waals surface area (Å²) in [6.07, 6.45) is 0. The first-order valence-electron chi connectivity index (χ1n) is 1.37. The molecule has 6 heteroatoms. The molecule has 0 heterocycles. The Balaban J connectivity index is -0.00000000625. The maximum absolute atomic E-state index is 9.00. The van der Waals surface area contributed by atoms with Gasteiger partial charge in [0.15, 0.2) is 0 Å². The molecular weight excluding hydrogens is 189 g/mol. The number of rotatable bonds is 0. The number of carboxylic acids is 1. The summed E-state index contributed by atoms with van der Waals surface area (Å²) in [5, 5.41) is 14.4. The summed E-state index contributed by atoms with van der Waals surface area (Å²) in [7, 11) is 1.00. The largest absolute Gasteiger partial charge is 0 e. The summed E-state index contributed by atoms with van der Waals surface area (Å²) in [5.74, 6) is -0.833. The molecule has 0 saturated carbocycles. The van der Waals surface area contributed by atoms with Crippen molar-refractivity contribution in [1.29, 1.82) is 0 Å². The molecule has 0 fully saturated rings. The SMILES string of the molecule is CC(=O)O.CO.[H-].[Na+].[NaH].[Ni]. The molecule has 0 aromatic heterocycles. The fourth-order valence-corrected chi connectivity index (χ4v) is 0. The molecule has 9 heavy (non-hydrogen) atoms. The number of carboxylic acid groups (broad SMARTS) is 1. The summed E-state index contributed by atoms with van der Waals surface area (Å²) in [6.45, 7) is 1.08. The van der Waals surface area contributed by atoms with Crippen molar-refractivity contribution in [3.63, 3.8) is 0 Å². The van der Waals surface area contributed by atoms with Gasteiger partial charge in [-0.2, -0.15) is 0 Å². The predicted molar refractivity (Wildman–Crippen MR) is 29.7 cm³/mol. The Kier molecular flexibility index (Phi) is 111. The number of hydrogen-bond donors (Lipinski definition) is 2. The van der Waals surface area contributed by atoms with Gasteiger partial charge in [0.05, 0.1) is 0 Å². The maximum Gasteiger partial charge on any atom is 0 e. The van der Waals surface area contributed by atoms with Crippen molar-refractivity contribution in [2.24, 2.45) is 0 Å². The van der Waals surface area contributed by atoms with Gasteiger partial charge in [-0.3, -0.25) is 4.79 Å². The van der Waals surface area contributed by atoms with Gasteiger partial charge in [0, 0.05) is 30.5 Å². The molecule has 0 unspecified atom stereocenters. The van der Waals surface area contributed by atoms with Crippen LogP contribution in [0.15, 0.2) is 0 Å². The Morgan fingerprint density at radius 3 is 1.44 bits per heavy atom. The van der Waals surface area contributed by atoms with Gasteiger partial charge in [-0.15, -0.1) is 0 Å². The number of hydrogen-bond acceptors (Lipinski definition) is 2. The van der Waals surface area contributed by atoms with Crippen LogP contribution in [0.4, 0.5) is 0 Å². The van der Waals surface area contributed by atoms with Crippen LogP contribution in [0.3, 0.4) is 0 Å². The zero-order chi connectivity index (χ0) is 5.58. The van der Waals surface area contributed by atoms with Crippen molar-refractivity contribution >= 4 is 35.5 Å². The third-order valence-electron chi connectivity index (χ3n) is 0. The second kappa shape index (κ2) is 32.6. The molecule has 0 aliphatic heterocycles. The average molecular weight is 199 g/mol. The zero-order valence-corrected chi connectivity index (χ0v) is 8.11. The van der Waals surface area contributed by atoms with Crippen molar-refractivity contribution < 1.29 is 62.5 Å². The van der Waals surface area contributed by atoms with Crippen LogP contribution in [0.1, 0.15) is 8.35 Å². The van der Waals surface area contributed by atoms with Crippen molar-refractivity contribution in [1.82, 2.24) is 0 Å². The second-order valence-corrected chi connectivity index (χ2v) is 0.519. The molecule has 0 spiro atoms. The van der Waals surface area contributed by atoms with E-state index in [1.807, 2.05) is 0 Å². The molecular formula is C3H10Na2NiO3. The van der Waals surface area contributed by atoms with E-state index in [4.69, 9.17) is 15.0 Å². The van der Waals surface area contributed by atoms with Crippen LogP contribution in [-0.4, -0.2) is 52.8 Å². The number of aliphatic hydroxyl groups excluding tert-OH is 1. The van der Waals surface area contributed by atoms with Gasteiger partial charge < -0.3 is 11.6 Å². The minimum absolute atomic E-state index is 0. The van der Waals surface area contributed by atoms with Gasteiger partial charge in [0.25, 0.3) is 5.97 Å². The van der Waals surface area contributed by atoms with Gasteiger partial charge in [0.2, 0.25) is 0 Å². The molecule has 2 N–H and O–H groups in total. The third-order valence-corrected chi connectivity index (χ3v) is 0. The normalized spacial score (nSPS) is 3.44. The summed E-state index contributed by atoms with van der Waals surface area (Å²) < 4.78 is 0. The summed E-state index contributed by atoms with van der Waals surface area (Å²) in [4.78, 5) is 9.00. The molecule has 0 saturated heterocycles. The first-order valence-corrected chi connectivity index (χ1v) is 1.37. The molecule has 52 valence electrons. The predicted octanol–water partition coefficient (Wildman–Crippen LogP) is -3.84. The van der Waals surface area contributed by atoms with Crippen molar-refractivity contribution in [3.8, 4) is 0 Å². The van der Waals surface area contributed by atoms with E-state index in [0.717, 1.165) is 14.0 Å². The molecule has 3 nitrogen and oxygen atoms in total. The smallest absolute Gasteiger partial charge is 0 e. The molecule has 0 radical (unpaired) electrons. The van der Waals surface area contributed by atoms with E-state index in [0.29, 0.717) is 0 Å². The summed E-state index contributed by atoms with van der Waals surface area (Å²) >= 11 is 0. The monoisotopic (exact) mass is 198 g/mol. The van der Waals surface area contributed by atoms with Crippen molar-refractivity contribution in [2.75, 3.05) is 7.11 Å². The fourth-order valence-electron chi connectivity index (χ4n) is 0. The van der Waals surface area contributed by atoms with Crippen molar-refractivity contribution in [2.45, 2.75) is 6.92 Å². The van der Waals surface area contributed by atoms with Crippen LogP contribution in [0.5, 0.6) is 0 Å². The Bertz CT molecular complexity index is 44.7. The molecule has 0 aliphatic rings. The van der Waals surface area contributed by atoms with E-state index < -0.39 is 5.97 Å². The molecule has 0 rings (SSSR count). The Morgan fingerprint density at radius 2 is 1.44 bits per heavy atom. The molecule has 0 bridgehead atoms. The maximum atomic E-state index is 9.00. The van der Waals surface area contributed by atoms with Gasteiger partial charge in [-0.1, -0.05) is 0 Å². The van der Waals surface area contributed by atoms with E-state index in [-0.39, 0.29) is 77.0 Å². The van der Waals surface area contributed by atoms with E-state index in [1.165, 1.54) is 0 Å². The standard InChI is InChI=1S/C2H4O2.CH4O.2Na.Ni.2H/c1-2(3)4;1-2;;;;;/h1H3,(H,3,4);2H,1H3;;;;;/q;;;+1;;;-1. The van der Waals surface area contributed by atoms with E-state index in [9.17, 15) is 0 Å². The quantitative estimate of drug-likeness (QED) is 0.393. The van der Waals surface area contributed by atoms with Gasteiger partial charge in [-0.05, 0) is 0 Å². The third kappa shape index (κ3) is 168. The number of aliphatic hydroxyl groups is 1. The van der Waals surface area contributed by atoms with Crippen LogP contribution in [-0.2, 0) is 21.3 Å². The van der Waals surface area contributed by atoms with Crippen LogP contribution in [0, 0.1) is 0 Å². The van der Waals surface area contributed by atoms with E-state index >= 15 is 0 Å². The zero-order valence-electron chi connectivity index (χ0n) is 6.12. The second-order valence-electron chi connectivity index (χ2n) is 0.519. The van der Waals surface area contributed by atoms with Gasteiger partial charge >= 0.3 is 59.1 Å². The van der Waals surface area contributed by atoms with E-state index in [1.54, 1.807) is 0 Å². The van der Waals surface area contributed by atoms with Crippen LogP contribution >= 0.6 is 0 Å². The van der Waals surface area contributed by atoms with Crippen LogP contribution in [0.2, 0.25) is 0 Å². The van der Waals surface area contributed by atoms with Crippen molar-refractivity contribution in [3.05, 3.63) is 0 Å². The molecule has 0 aromatic rings. The molecule has 0 aromatic carbocycles. The molecule has 0 amide bonds. The minimum Gasteiger partial charge on any atom is 0 e. The molecule has 0 atom stereocenters. The van der Waals surface area contributed by atoms with Crippen LogP contribution in [0.25, 0.3) is 0 Å². The first kappa shape index (κ1) is 30.7. The molecule has 0 aliphatic carbocycles. The van der Waals surface area contributed by atoms with Gasteiger partial charge in [-0.25, -0.2) is 0 Å².